The van der Waals surface area contributed by atoms with Crippen LogP contribution < -0.4 is 0 Å². The van der Waals surface area contributed by atoms with Crippen molar-refractivity contribution in [1.82, 2.24) is 0 Å². The summed E-state index contributed by atoms with van der Waals surface area (Å²) in [7, 11) is -4.24. The van der Waals surface area contributed by atoms with Gasteiger partial charge in [0.05, 0.1) is 33.0 Å². The van der Waals surface area contributed by atoms with Crippen LogP contribution in [0.2, 0.25) is 0 Å². The van der Waals surface area contributed by atoms with Gasteiger partial charge >= 0.3 is 10.4 Å². The van der Waals surface area contributed by atoms with E-state index in [9.17, 15) is 8.42 Å². The Morgan fingerprint density at radius 2 is 1.21 bits per heavy atom. The Kier molecular flexibility index (Phi) is 8.81. The summed E-state index contributed by atoms with van der Waals surface area (Å²) in [4.78, 5) is 0. The van der Waals surface area contributed by atoms with Gasteiger partial charge in [0.25, 0.3) is 0 Å². The predicted octanol–water partition coefficient (Wildman–Crippen LogP) is 4.03. The number of hydrogen-bond donors (Lipinski definition) is 0. The van der Waals surface area contributed by atoms with E-state index in [0.29, 0.717) is 6.61 Å². The van der Waals surface area contributed by atoms with Gasteiger partial charge in [-0.05, 0) is 16.7 Å². The fourth-order valence-corrected chi connectivity index (χ4v) is 4.43. The largest absolute Gasteiger partial charge is 0.400 e. The molecule has 1 heterocycles. The molecule has 34 heavy (non-hydrogen) atoms. The molecule has 0 saturated carbocycles. The van der Waals surface area contributed by atoms with E-state index >= 15 is 0 Å². The van der Waals surface area contributed by atoms with Gasteiger partial charge in [-0.15, -0.1) is 0 Å². The van der Waals surface area contributed by atoms with Crippen molar-refractivity contribution < 1.29 is 31.0 Å². The molecule has 0 spiro atoms. The third-order valence-corrected chi connectivity index (χ3v) is 6.24. The fraction of sp³-hybridized carbons (Fsp3) is 0.308. The smallest absolute Gasteiger partial charge is 0.374 e. The molecule has 0 aromatic heterocycles. The standard InChI is InChI=1S/C26H28O7S/c27-34(28)32-20-24(30-17-22-12-6-2-7-13-22)26(31-18-23-14-8-3-9-15-23)25(33-34)19-29-16-21-10-4-1-5-11-21/h1-15,24-26H,16-20H2/t24-,25+,26+/m0/s1. The van der Waals surface area contributed by atoms with Crippen molar-refractivity contribution in [2.75, 3.05) is 13.2 Å². The summed E-state index contributed by atoms with van der Waals surface area (Å²) in [6, 6.07) is 28.9. The van der Waals surface area contributed by atoms with Crippen molar-refractivity contribution in [1.29, 1.82) is 0 Å². The molecule has 3 atom stereocenters. The van der Waals surface area contributed by atoms with Crippen LogP contribution in [0.5, 0.6) is 0 Å². The molecule has 1 aliphatic rings. The highest BCUT2D eigenvalue weighted by Gasteiger charge is 2.40. The normalized spacial score (nSPS) is 22.2. The first kappa shape index (κ1) is 24.5. The number of rotatable bonds is 10. The molecule has 4 rings (SSSR count). The quantitative estimate of drug-likeness (QED) is 0.430. The number of ether oxygens (including phenoxy) is 3. The Labute approximate surface area is 200 Å². The topological polar surface area (TPSA) is 80.3 Å². The third-order valence-electron chi connectivity index (χ3n) is 5.34. The second-order valence-electron chi connectivity index (χ2n) is 7.92. The predicted molar refractivity (Wildman–Crippen MR) is 126 cm³/mol. The van der Waals surface area contributed by atoms with Crippen LogP contribution in [0.3, 0.4) is 0 Å². The maximum Gasteiger partial charge on any atom is 0.400 e. The molecule has 0 aliphatic carbocycles. The maximum absolute atomic E-state index is 12.3. The van der Waals surface area contributed by atoms with E-state index in [4.69, 9.17) is 22.6 Å². The van der Waals surface area contributed by atoms with E-state index in [2.05, 4.69) is 0 Å². The molecule has 8 heteroatoms. The van der Waals surface area contributed by atoms with Crippen molar-refractivity contribution in [3.63, 3.8) is 0 Å². The van der Waals surface area contributed by atoms with Crippen molar-refractivity contribution in [2.24, 2.45) is 0 Å². The molecule has 3 aromatic carbocycles. The van der Waals surface area contributed by atoms with Gasteiger partial charge in [0, 0.05) is 0 Å². The Morgan fingerprint density at radius 3 is 1.76 bits per heavy atom. The molecule has 1 aliphatic heterocycles. The minimum Gasteiger partial charge on any atom is -0.374 e. The van der Waals surface area contributed by atoms with Gasteiger partial charge in [-0.25, -0.2) is 8.37 Å². The van der Waals surface area contributed by atoms with E-state index in [1.54, 1.807) is 0 Å². The van der Waals surface area contributed by atoms with Crippen LogP contribution in [0.4, 0.5) is 0 Å². The molecular weight excluding hydrogens is 456 g/mol. The molecule has 3 aromatic rings. The Bertz CT molecular complexity index is 1090. The molecule has 0 N–H and O–H groups in total. The van der Waals surface area contributed by atoms with Crippen molar-refractivity contribution >= 4 is 10.4 Å². The Hall–Kier alpha value is -2.59. The van der Waals surface area contributed by atoms with Crippen LogP contribution in [0.25, 0.3) is 0 Å². The van der Waals surface area contributed by atoms with Gasteiger partial charge in [-0.2, -0.15) is 8.42 Å². The highest BCUT2D eigenvalue weighted by Crippen LogP contribution is 2.24. The zero-order valence-electron chi connectivity index (χ0n) is 18.7. The molecular formula is C26H28O7S. The molecule has 7 nitrogen and oxygen atoms in total. The highest BCUT2D eigenvalue weighted by atomic mass is 32.3. The second kappa shape index (κ2) is 12.2. The van der Waals surface area contributed by atoms with Gasteiger partial charge in [-0.1, -0.05) is 91.0 Å². The highest BCUT2D eigenvalue weighted by molar-refractivity contribution is 7.81. The van der Waals surface area contributed by atoms with Crippen LogP contribution >= 0.6 is 0 Å². The summed E-state index contributed by atoms with van der Waals surface area (Å²) in [5.74, 6) is 0. The van der Waals surface area contributed by atoms with Crippen LogP contribution in [0.15, 0.2) is 91.0 Å². The van der Waals surface area contributed by atoms with Crippen LogP contribution in [0.1, 0.15) is 16.7 Å². The minimum atomic E-state index is -4.24. The van der Waals surface area contributed by atoms with E-state index in [-0.39, 0.29) is 26.4 Å². The lowest BCUT2D eigenvalue weighted by Gasteiger charge is -2.29. The maximum atomic E-state index is 12.3. The van der Waals surface area contributed by atoms with Crippen molar-refractivity contribution in [2.45, 2.75) is 38.1 Å². The van der Waals surface area contributed by atoms with Gasteiger partial charge in [-0.3, -0.25) is 0 Å². The van der Waals surface area contributed by atoms with E-state index in [0.717, 1.165) is 16.7 Å². The van der Waals surface area contributed by atoms with E-state index < -0.39 is 28.7 Å². The van der Waals surface area contributed by atoms with Gasteiger partial charge in [0.15, 0.2) is 0 Å². The van der Waals surface area contributed by atoms with Crippen molar-refractivity contribution in [3.05, 3.63) is 108 Å². The monoisotopic (exact) mass is 484 g/mol. The molecule has 0 unspecified atom stereocenters. The molecule has 0 bridgehead atoms. The fourth-order valence-electron chi connectivity index (χ4n) is 3.61. The van der Waals surface area contributed by atoms with Gasteiger partial charge < -0.3 is 14.2 Å². The molecule has 1 saturated heterocycles. The van der Waals surface area contributed by atoms with E-state index in [1.807, 2.05) is 91.0 Å². The summed E-state index contributed by atoms with van der Waals surface area (Å²) in [6.07, 6.45) is -2.37. The third kappa shape index (κ3) is 7.46. The average Bonchev–Trinajstić information content (AvgIpc) is 2.98. The Morgan fingerprint density at radius 1 is 0.706 bits per heavy atom. The van der Waals surface area contributed by atoms with Gasteiger partial charge in [0.2, 0.25) is 0 Å². The lowest BCUT2D eigenvalue weighted by Crippen LogP contribution is -2.45. The molecule has 180 valence electrons. The SMILES string of the molecule is O=S1(=O)OC[C@H](OCc2ccccc2)[C@@H](OCc2ccccc2)[C@@H](COCc2ccccc2)O1. The lowest BCUT2D eigenvalue weighted by molar-refractivity contribution is -0.136. The van der Waals surface area contributed by atoms with Crippen LogP contribution in [0, 0.1) is 0 Å². The van der Waals surface area contributed by atoms with Crippen LogP contribution in [-0.4, -0.2) is 39.9 Å². The first-order chi connectivity index (χ1) is 16.6. The first-order valence-corrected chi connectivity index (χ1v) is 12.4. The molecule has 0 amide bonds. The average molecular weight is 485 g/mol. The Balaban J connectivity index is 1.50. The summed E-state index contributed by atoms with van der Waals surface area (Å²) in [5.41, 5.74) is 2.87. The van der Waals surface area contributed by atoms with E-state index in [1.165, 1.54) is 0 Å². The molecule has 1 fully saturated rings. The lowest BCUT2D eigenvalue weighted by atomic mass is 10.1. The zero-order chi connectivity index (χ0) is 23.6. The number of hydrogen-bond acceptors (Lipinski definition) is 7. The summed E-state index contributed by atoms with van der Waals surface area (Å²) in [6.45, 7) is 0.613. The zero-order valence-corrected chi connectivity index (χ0v) is 19.5. The summed E-state index contributed by atoms with van der Waals surface area (Å²) in [5, 5.41) is 0. The minimum absolute atomic E-state index is 0.0118. The van der Waals surface area contributed by atoms with Gasteiger partial charge in [0.1, 0.15) is 18.3 Å². The number of benzene rings is 3. The summed E-state index contributed by atoms with van der Waals surface area (Å²) >= 11 is 0. The first-order valence-electron chi connectivity index (χ1n) is 11.1. The van der Waals surface area contributed by atoms with Crippen LogP contribution in [-0.2, 0) is 52.8 Å². The van der Waals surface area contributed by atoms with Crippen molar-refractivity contribution in [3.8, 4) is 0 Å². The molecule has 0 radical (unpaired) electrons. The second-order valence-corrected chi connectivity index (χ2v) is 9.17. The summed E-state index contributed by atoms with van der Waals surface area (Å²) < 4.78 is 53.2.